The van der Waals surface area contributed by atoms with Crippen LogP contribution in [0, 0.1) is 0 Å². The summed E-state index contributed by atoms with van der Waals surface area (Å²) in [6.45, 7) is 3.79. The van der Waals surface area contributed by atoms with Crippen LogP contribution < -0.4 is 4.72 Å². The predicted octanol–water partition coefficient (Wildman–Crippen LogP) is 3.47. The van der Waals surface area contributed by atoms with Crippen LogP contribution in [0.3, 0.4) is 0 Å². The molecule has 0 spiro atoms. The molecule has 0 bridgehead atoms. The quantitative estimate of drug-likeness (QED) is 0.653. The molecule has 0 unspecified atom stereocenters. The van der Waals surface area contributed by atoms with Gasteiger partial charge in [0.05, 0.1) is 13.2 Å². The van der Waals surface area contributed by atoms with Crippen molar-refractivity contribution in [1.82, 2.24) is 9.03 Å². The highest BCUT2D eigenvalue weighted by Crippen LogP contribution is 2.12. The fraction of sp³-hybridized carbons (Fsp3) is 0.400. The Balaban J connectivity index is 1.91. The molecule has 0 aliphatic heterocycles. The summed E-state index contributed by atoms with van der Waals surface area (Å²) in [6.07, 6.45) is 1.81. The van der Waals surface area contributed by atoms with E-state index in [1.807, 2.05) is 61.5 Å². The number of benzene rings is 2. The summed E-state index contributed by atoms with van der Waals surface area (Å²) in [5, 5.41) is 0. The summed E-state index contributed by atoms with van der Waals surface area (Å²) in [6, 6.07) is 17.7. The number of unbranched alkanes of at least 4 members (excludes halogenated alkanes) is 1. The Morgan fingerprint density at radius 2 is 1.62 bits per heavy atom. The summed E-state index contributed by atoms with van der Waals surface area (Å²) >= 11 is 0. The Morgan fingerprint density at radius 3 is 2.31 bits per heavy atom. The Bertz CT molecular complexity index is 764. The Labute approximate surface area is 157 Å². The first kappa shape index (κ1) is 20.6. The maximum atomic E-state index is 12.3. The summed E-state index contributed by atoms with van der Waals surface area (Å²) in [5.74, 6) is 0. The van der Waals surface area contributed by atoms with Crippen molar-refractivity contribution in [3.05, 3.63) is 71.3 Å². The molecule has 5 nitrogen and oxygen atoms in total. The van der Waals surface area contributed by atoms with Crippen LogP contribution in [0.1, 0.15) is 36.5 Å². The van der Waals surface area contributed by atoms with Gasteiger partial charge in [-0.15, -0.1) is 0 Å². The first-order valence-corrected chi connectivity index (χ1v) is 10.4. The van der Waals surface area contributed by atoms with Gasteiger partial charge in [-0.2, -0.15) is 17.4 Å². The zero-order chi connectivity index (χ0) is 18.8. The normalized spacial score (nSPS) is 11.8. The van der Waals surface area contributed by atoms with Crippen molar-refractivity contribution in [3.63, 3.8) is 0 Å². The first-order chi connectivity index (χ1) is 12.5. The van der Waals surface area contributed by atoms with E-state index in [9.17, 15) is 8.42 Å². The third-order valence-electron chi connectivity index (χ3n) is 4.17. The molecule has 0 atom stereocenters. The maximum Gasteiger partial charge on any atom is 0.279 e. The first-order valence-electron chi connectivity index (χ1n) is 8.92. The van der Waals surface area contributed by atoms with Gasteiger partial charge >= 0.3 is 0 Å². The molecule has 2 aromatic rings. The molecule has 0 aromatic heterocycles. The number of ether oxygens (including phenoxy) is 1. The molecule has 1 N–H and O–H groups in total. The van der Waals surface area contributed by atoms with Gasteiger partial charge in [-0.3, -0.25) is 0 Å². The molecule has 0 radical (unpaired) electrons. The number of nitrogens with zero attached hydrogens (tertiary/aromatic N) is 1. The number of nitrogens with one attached hydrogen (secondary N) is 1. The van der Waals surface area contributed by atoms with Crippen LogP contribution in [-0.2, 0) is 34.7 Å². The second-order valence-corrected chi connectivity index (χ2v) is 8.11. The monoisotopic (exact) mass is 376 g/mol. The van der Waals surface area contributed by atoms with Gasteiger partial charge < -0.3 is 4.74 Å². The highest BCUT2D eigenvalue weighted by atomic mass is 32.2. The Morgan fingerprint density at radius 1 is 0.962 bits per heavy atom. The van der Waals surface area contributed by atoms with Crippen molar-refractivity contribution >= 4 is 10.2 Å². The summed E-state index contributed by atoms with van der Waals surface area (Å²) in [4.78, 5) is 0. The van der Waals surface area contributed by atoms with E-state index >= 15 is 0 Å². The third kappa shape index (κ3) is 6.53. The van der Waals surface area contributed by atoms with Crippen LogP contribution in [0.5, 0.6) is 0 Å². The standard InChI is InChI=1S/C20H28N2O3S/c1-3-4-14-22(2)26(23,24)21-15-19-12-8-9-13-20(19)17-25-16-18-10-6-5-7-11-18/h5-13,21H,3-4,14-17H2,1-2H3. The second-order valence-electron chi connectivity index (χ2n) is 6.25. The van der Waals surface area contributed by atoms with E-state index in [0.29, 0.717) is 19.8 Å². The number of rotatable bonds is 11. The van der Waals surface area contributed by atoms with E-state index in [1.165, 1.54) is 4.31 Å². The van der Waals surface area contributed by atoms with Crippen molar-refractivity contribution < 1.29 is 13.2 Å². The maximum absolute atomic E-state index is 12.3. The van der Waals surface area contributed by atoms with Crippen LogP contribution in [0.15, 0.2) is 54.6 Å². The molecule has 0 amide bonds. The van der Waals surface area contributed by atoms with E-state index in [2.05, 4.69) is 4.72 Å². The molecule has 2 aromatic carbocycles. The van der Waals surface area contributed by atoms with Crippen LogP contribution >= 0.6 is 0 Å². The van der Waals surface area contributed by atoms with Crippen LogP contribution in [0.2, 0.25) is 0 Å². The molecule has 6 heteroatoms. The van der Waals surface area contributed by atoms with E-state index in [1.54, 1.807) is 7.05 Å². The summed E-state index contributed by atoms with van der Waals surface area (Å²) in [5.41, 5.74) is 3.03. The van der Waals surface area contributed by atoms with Gasteiger partial charge in [0.25, 0.3) is 10.2 Å². The number of hydrogen-bond acceptors (Lipinski definition) is 3. The summed E-state index contributed by atoms with van der Waals surface area (Å²) < 4.78 is 34.4. The minimum atomic E-state index is -3.47. The van der Waals surface area contributed by atoms with Crippen molar-refractivity contribution in [2.75, 3.05) is 13.6 Å². The molecule has 0 saturated carbocycles. The molecule has 2 rings (SSSR count). The van der Waals surface area contributed by atoms with Gasteiger partial charge in [-0.1, -0.05) is 67.9 Å². The zero-order valence-corrected chi connectivity index (χ0v) is 16.3. The molecule has 26 heavy (non-hydrogen) atoms. The largest absolute Gasteiger partial charge is 0.372 e. The summed E-state index contributed by atoms with van der Waals surface area (Å²) in [7, 11) is -1.86. The lowest BCUT2D eigenvalue weighted by molar-refractivity contribution is 0.106. The molecule has 142 valence electrons. The third-order valence-corrected chi connectivity index (χ3v) is 5.68. The minimum absolute atomic E-state index is 0.254. The lowest BCUT2D eigenvalue weighted by Crippen LogP contribution is -2.38. The van der Waals surface area contributed by atoms with Crippen LogP contribution in [0.25, 0.3) is 0 Å². The fourth-order valence-corrected chi connectivity index (χ4v) is 3.43. The Kier molecular flexibility index (Phi) is 8.25. The molecular weight excluding hydrogens is 348 g/mol. The Hall–Kier alpha value is -1.73. The average Bonchev–Trinajstić information content (AvgIpc) is 2.66. The SMILES string of the molecule is CCCCN(C)S(=O)(=O)NCc1ccccc1COCc1ccccc1. The topological polar surface area (TPSA) is 58.6 Å². The van der Waals surface area contributed by atoms with Gasteiger partial charge in [-0.05, 0) is 23.1 Å². The molecule has 0 aliphatic rings. The highest BCUT2D eigenvalue weighted by Gasteiger charge is 2.16. The minimum Gasteiger partial charge on any atom is -0.372 e. The molecule has 0 aliphatic carbocycles. The predicted molar refractivity (Wildman–Crippen MR) is 105 cm³/mol. The fourth-order valence-electron chi connectivity index (χ4n) is 2.50. The highest BCUT2D eigenvalue weighted by molar-refractivity contribution is 7.87. The van der Waals surface area contributed by atoms with Crippen LogP contribution in [-0.4, -0.2) is 26.3 Å². The zero-order valence-electron chi connectivity index (χ0n) is 15.5. The van der Waals surface area contributed by atoms with E-state index < -0.39 is 10.2 Å². The lowest BCUT2D eigenvalue weighted by Gasteiger charge is -2.18. The molecule has 0 saturated heterocycles. The second kappa shape index (κ2) is 10.4. The van der Waals surface area contributed by atoms with Crippen molar-refractivity contribution in [1.29, 1.82) is 0 Å². The van der Waals surface area contributed by atoms with E-state index in [0.717, 1.165) is 29.5 Å². The van der Waals surface area contributed by atoms with E-state index in [-0.39, 0.29) is 6.54 Å². The van der Waals surface area contributed by atoms with Crippen molar-refractivity contribution in [3.8, 4) is 0 Å². The average molecular weight is 377 g/mol. The number of hydrogen-bond donors (Lipinski definition) is 1. The molecule has 0 heterocycles. The lowest BCUT2D eigenvalue weighted by atomic mass is 10.1. The van der Waals surface area contributed by atoms with Gasteiger partial charge in [-0.25, -0.2) is 0 Å². The smallest absolute Gasteiger partial charge is 0.279 e. The van der Waals surface area contributed by atoms with Gasteiger partial charge in [0.15, 0.2) is 0 Å². The van der Waals surface area contributed by atoms with Crippen molar-refractivity contribution in [2.24, 2.45) is 0 Å². The molecular formula is C20H28N2O3S. The van der Waals surface area contributed by atoms with Gasteiger partial charge in [0, 0.05) is 20.1 Å². The van der Waals surface area contributed by atoms with E-state index in [4.69, 9.17) is 4.74 Å². The van der Waals surface area contributed by atoms with Crippen LogP contribution in [0.4, 0.5) is 0 Å². The van der Waals surface area contributed by atoms with Gasteiger partial charge in [0.2, 0.25) is 0 Å². The van der Waals surface area contributed by atoms with Gasteiger partial charge in [0.1, 0.15) is 0 Å². The molecule has 0 fully saturated rings. The van der Waals surface area contributed by atoms with Crippen molar-refractivity contribution in [2.45, 2.75) is 39.5 Å².